The highest BCUT2D eigenvalue weighted by Gasteiger charge is 2.34. The molecule has 106 valence electrons. The molecule has 0 fully saturated rings. The summed E-state index contributed by atoms with van der Waals surface area (Å²) in [4.78, 5) is 3.54. The molecule has 0 bridgehead atoms. The van der Waals surface area contributed by atoms with Crippen LogP contribution in [-0.4, -0.2) is 4.98 Å². The van der Waals surface area contributed by atoms with Crippen molar-refractivity contribution < 1.29 is 13.2 Å². The molecule has 2 N–H and O–H groups in total. The van der Waals surface area contributed by atoms with E-state index in [9.17, 15) is 13.2 Å². The van der Waals surface area contributed by atoms with Gasteiger partial charge in [0.25, 0.3) is 0 Å². The average molecular weight is 342 g/mol. The first-order chi connectivity index (χ1) is 9.20. The second kappa shape index (κ2) is 5.31. The zero-order valence-electron chi connectivity index (χ0n) is 9.60. The Labute approximate surface area is 127 Å². The first-order valence-corrected chi connectivity index (χ1v) is 6.31. The smallest absolute Gasteiger partial charge is 0.383 e. The molecular formula is C12H6Cl3F3N2. The quantitative estimate of drug-likeness (QED) is 0.714. The number of alkyl halides is 3. The van der Waals surface area contributed by atoms with Gasteiger partial charge in [0.05, 0.1) is 20.6 Å². The maximum absolute atomic E-state index is 12.8. The summed E-state index contributed by atoms with van der Waals surface area (Å²) in [5.74, 6) is -0.600. The molecular weight excluding hydrogens is 335 g/mol. The summed E-state index contributed by atoms with van der Waals surface area (Å²) < 4.78 is 38.4. The lowest BCUT2D eigenvalue weighted by molar-refractivity contribution is -0.137. The first-order valence-electron chi connectivity index (χ1n) is 5.18. The highest BCUT2D eigenvalue weighted by molar-refractivity contribution is 6.44. The van der Waals surface area contributed by atoms with Crippen molar-refractivity contribution in [2.45, 2.75) is 6.18 Å². The third-order valence-electron chi connectivity index (χ3n) is 2.54. The molecule has 2 nitrogen and oxygen atoms in total. The second-order valence-corrected chi connectivity index (χ2v) is 5.12. The summed E-state index contributed by atoms with van der Waals surface area (Å²) in [6.07, 6.45) is -3.41. The van der Waals surface area contributed by atoms with Gasteiger partial charge in [0.15, 0.2) is 0 Å². The third-order valence-corrected chi connectivity index (χ3v) is 3.58. The van der Waals surface area contributed by atoms with Crippen molar-refractivity contribution in [3.63, 3.8) is 0 Å². The van der Waals surface area contributed by atoms with Crippen LogP contribution in [0.2, 0.25) is 15.1 Å². The van der Waals surface area contributed by atoms with E-state index in [-0.39, 0.29) is 20.6 Å². The number of nitrogens with two attached hydrogens (primary N) is 1. The maximum atomic E-state index is 12.8. The van der Waals surface area contributed by atoms with E-state index in [2.05, 4.69) is 4.98 Å². The van der Waals surface area contributed by atoms with Gasteiger partial charge < -0.3 is 5.73 Å². The lowest BCUT2D eigenvalue weighted by Crippen LogP contribution is -2.10. The van der Waals surface area contributed by atoms with E-state index in [0.717, 1.165) is 6.07 Å². The molecule has 1 heterocycles. The van der Waals surface area contributed by atoms with E-state index < -0.39 is 17.6 Å². The number of nitrogens with zero attached hydrogens (tertiary/aromatic N) is 1. The fourth-order valence-electron chi connectivity index (χ4n) is 1.59. The van der Waals surface area contributed by atoms with E-state index in [1.54, 1.807) is 0 Å². The molecule has 0 aliphatic heterocycles. The lowest BCUT2D eigenvalue weighted by atomic mass is 10.1. The highest BCUT2D eigenvalue weighted by Crippen LogP contribution is 2.39. The van der Waals surface area contributed by atoms with Gasteiger partial charge in [0.1, 0.15) is 5.82 Å². The Hall–Kier alpha value is -1.17. The number of hydrogen-bond donors (Lipinski definition) is 1. The van der Waals surface area contributed by atoms with Crippen molar-refractivity contribution >= 4 is 40.6 Å². The average Bonchev–Trinajstić information content (AvgIpc) is 2.33. The number of rotatable bonds is 1. The monoisotopic (exact) mass is 340 g/mol. The van der Waals surface area contributed by atoms with Crippen molar-refractivity contribution in [2.75, 3.05) is 5.73 Å². The van der Waals surface area contributed by atoms with Gasteiger partial charge in [-0.3, -0.25) is 0 Å². The number of benzene rings is 1. The molecule has 20 heavy (non-hydrogen) atoms. The van der Waals surface area contributed by atoms with Crippen molar-refractivity contribution in [3.8, 4) is 11.1 Å². The highest BCUT2D eigenvalue weighted by atomic mass is 35.5. The Balaban J connectivity index is 2.63. The van der Waals surface area contributed by atoms with Gasteiger partial charge in [-0.1, -0.05) is 34.8 Å². The molecule has 0 saturated carbocycles. The Morgan fingerprint density at radius 2 is 1.55 bits per heavy atom. The SMILES string of the molecule is Nc1ncc(-c2cc(Cl)c(Cl)cc2Cl)cc1C(F)(F)F. The van der Waals surface area contributed by atoms with E-state index in [1.165, 1.54) is 18.3 Å². The Morgan fingerprint density at radius 1 is 0.950 bits per heavy atom. The molecule has 2 rings (SSSR count). The molecule has 1 aromatic carbocycles. The number of aromatic nitrogens is 1. The van der Waals surface area contributed by atoms with Gasteiger partial charge in [-0.15, -0.1) is 0 Å². The van der Waals surface area contributed by atoms with Crippen molar-refractivity contribution in [1.82, 2.24) is 4.98 Å². The standard InChI is InChI=1S/C12H6Cl3F3N2/c13-8-3-10(15)9(14)2-6(8)5-1-7(12(16,17)18)11(19)20-4-5/h1-4H,(H2,19,20). The molecule has 0 saturated heterocycles. The number of hydrogen-bond acceptors (Lipinski definition) is 2. The summed E-state index contributed by atoms with van der Waals surface area (Å²) in [5.41, 5.74) is 4.64. The van der Waals surface area contributed by atoms with Crippen molar-refractivity contribution in [2.24, 2.45) is 0 Å². The summed E-state index contributed by atoms with van der Waals surface area (Å²) in [6, 6.07) is 3.59. The van der Waals surface area contributed by atoms with Crippen LogP contribution in [-0.2, 0) is 6.18 Å². The van der Waals surface area contributed by atoms with Crippen LogP contribution >= 0.6 is 34.8 Å². The fraction of sp³-hybridized carbons (Fsp3) is 0.0833. The second-order valence-electron chi connectivity index (χ2n) is 3.90. The minimum absolute atomic E-state index is 0.148. The predicted octanol–water partition coefficient (Wildman–Crippen LogP) is 5.31. The largest absolute Gasteiger partial charge is 0.419 e. The molecule has 0 atom stereocenters. The number of halogens is 6. The van der Waals surface area contributed by atoms with Crippen LogP contribution in [0.4, 0.5) is 19.0 Å². The van der Waals surface area contributed by atoms with E-state index in [0.29, 0.717) is 5.56 Å². The van der Waals surface area contributed by atoms with Gasteiger partial charge in [-0.25, -0.2) is 4.98 Å². The summed E-state index contributed by atoms with van der Waals surface area (Å²) in [6.45, 7) is 0. The topological polar surface area (TPSA) is 38.9 Å². The summed E-state index contributed by atoms with van der Waals surface area (Å²) >= 11 is 17.6. The molecule has 0 unspecified atom stereocenters. The molecule has 8 heteroatoms. The van der Waals surface area contributed by atoms with Crippen LogP contribution in [0, 0.1) is 0 Å². The van der Waals surface area contributed by atoms with Crippen molar-refractivity contribution in [1.29, 1.82) is 0 Å². The predicted molar refractivity (Wildman–Crippen MR) is 74.1 cm³/mol. The van der Waals surface area contributed by atoms with Crippen LogP contribution in [0.15, 0.2) is 24.4 Å². The van der Waals surface area contributed by atoms with Crippen LogP contribution in [0.3, 0.4) is 0 Å². The van der Waals surface area contributed by atoms with Gasteiger partial charge in [0, 0.05) is 17.3 Å². The molecule has 0 amide bonds. The van der Waals surface area contributed by atoms with Gasteiger partial charge in [0.2, 0.25) is 0 Å². The number of nitrogen functional groups attached to an aromatic ring is 1. The normalized spacial score (nSPS) is 11.7. The van der Waals surface area contributed by atoms with E-state index in [4.69, 9.17) is 40.5 Å². The van der Waals surface area contributed by atoms with Crippen molar-refractivity contribution in [3.05, 3.63) is 45.0 Å². The van der Waals surface area contributed by atoms with E-state index in [1.807, 2.05) is 0 Å². The van der Waals surface area contributed by atoms with Crippen LogP contribution in [0.5, 0.6) is 0 Å². The molecule has 0 radical (unpaired) electrons. The van der Waals surface area contributed by atoms with E-state index >= 15 is 0 Å². The number of pyridine rings is 1. The minimum Gasteiger partial charge on any atom is -0.383 e. The van der Waals surface area contributed by atoms with Gasteiger partial charge in [-0.2, -0.15) is 13.2 Å². The molecule has 2 aromatic rings. The Bertz CT molecular complexity index is 672. The fourth-order valence-corrected chi connectivity index (χ4v) is 2.25. The summed E-state index contributed by atoms with van der Waals surface area (Å²) in [5, 5.41) is 0.551. The molecule has 0 aliphatic rings. The summed E-state index contributed by atoms with van der Waals surface area (Å²) in [7, 11) is 0. The molecule has 0 spiro atoms. The Kier molecular flexibility index (Phi) is 4.04. The lowest BCUT2D eigenvalue weighted by Gasteiger charge is -2.12. The third kappa shape index (κ3) is 2.95. The zero-order valence-corrected chi connectivity index (χ0v) is 11.9. The maximum Gasteiger partial charge on any atom is 0.419 e. The number of anilines is 1. The molecule has 0 aliphatic carbocycles. The zero-order chi connectivity index (χ0) is 15.1. The van der Waals surface area contributed by atoms with Crippen LogP contribution in [0.25, 0.3) is 11.1 Å². The Morgan fingerprint density at radius 3 is 2.15 bits per heavy atom. The molecule has 1 aromatic heterocycles. The van der Waals surface area contributed by atoms with Crippen LogP contribution in [0.1, 0.15) is 5.56 Å². The first kappa shape index (κ1) is 15.2. The van der Waals surface area contributed by atoms with Crippen LogP contribution < -0.4 is 5.73 Å². The van der Waals surface area contributed by atoms with Gasteiger partial charge in [-0.05, 0) is 18.2 Å². The van der Waals surface area contributed by atoms with Gasteiger partial charge >= 0.3 is 6.18 Å². The minimum atomic E-state index is -4.60.